The number of nitrogens with zero attached hydrogens (tertiary/aromatic N) is 2. The zero-order valence-corrected chi connectivity index (χ0v) is 17.3. The van der Waals surface area contributed by atoms with Gasteiger partial charge in [0.2, 0.25) is 5.58 Å². The van der Waals surface area contributed by atoms with Crippen molar-refractivity contribution >= 4 is 32.9 Å². The van der Waals surface area contributed by atoms with Gasteiger partial charge in [0, 0.05) is 35.5 Å². The third-order valence-electron chi connectivity index (χ3n) is 5.62. The number of hydrogen-bond acceptors (Lipinski definition) is 3. The molecule has 3 aromatic carbocycles. The van der Waals surface area contributed by atoms with Gasteiger partial charge in [-0.3, -0.25) is 0 Å². The first-order valence-electron chi connectivity index (χ1n) is 10.3. The van der Waals surface area contributed by atoms with E-state index in [1.165, 1.54) is 21.8 Å². The standard InChI is InChI=1S/C25H25N2O3/c1-18-27(12-13-28-14-15-29-19-8-4-3-5-9-19)24-16-21-20-10-6-7-11-22(20)26(2)23(21)17-25(24)30-18/h3-11,16-17H,12-15H2,1-2H3/q+1. The second-order valence-corrected chi connectivity index (χ2v) is 7.46. The lowest BCUT2D eigenvalue weighted by Crippen LogP contribution is -2.37. The van der Waals surface area contributed by atoms with Crippen LogP contribution < -0.4 is 9.30 Å². The smallest absolute Gasteiger partial charge is 0.344 e. The third-order valence-corrected chi connectivity index (χ3v) is 5.62. The number of aromatic nitrogens is 2. The van der Waals surface area contributed by atoms with Crippen molar-refractivity contribution in [3.63, 3.8) is 0 Å². The fourth-order valence-electron chi connectivity index (χ4n) is 4.12. The lowest BCUT2D eigenvalue weighted by atomic mass is 10.1. The number of ether oxygens (including phenoxy) is 2. The van der Waals surface area contributed by atoms with E-state index in [4.69, 9.17) is 13.9 Å². The van der Waals surface area contributed by atoms with E-state index in [2.05, 4.69) is 52.6 Å². The molecule has 0 radical (unpaired) electrons. The van der Waals surface area contributed by atoms with Gasteiger partial charge in [-0.2, -0.15) is 4.57 Å². The minimum Gasteiger partial charge on any atom is -0.491 e. The van der Waals surface area contributed by atoms with Crippen LogP contribution in [0.5, 0.6) is 5.75 Å². The molecule has 0 N–H and O–H groups in total. The minimum absolute atomic E-state index is 0.538. The van der Waals surface area contributed by atoms with Gasteiger partial charge in [-0.15, -0.1) is 0 Å². The Morgan fingerprint density at radius 2 is 1.67 bits per heavy atom. The molecular formula is C25H25N2O3+. The van der Waals surface area contributed by atoms with Gasteiger partial charge < -0.3 is 18.5 Å². The molecule has 0 saturated carbocycles. The third kappa shape index (κ3) is 3.31. The summed E-state index contributed by atoms with van der Waals surface area (Å²) < 4.78 is 22.0. The van der Waals surface area contributed by atoms with E-state index < -0.39 is 0 Å². The Bertz CT molecular complexity index is 1320. The Morgan fingerprint density at radius 1 is 0.867 bits per heavy atom. The zero-order chi connectivity index (χ0) is 20.5. The van der Waals surface area contributed by atoms with Crippen LogP contribution in [0.1, 0.15) is 5.89 Å². The van der Waals surface area contributed by atoms with Gasteiger partial charge in [0.15, 0.2) is 6.54 Å². The molecule has 0 saturated heterocycles. The molecule has 30 heavy (non-hydrogen) atoms. The molecular weight excluding hydrogens is 376 g/mol. The summed E-state index contributed by atoms with van der Waals surface area (Å²) in [5.41, 5.74) is 4.41. The first-order chi connectivity index (χ1) is 14.7. The predicted molar refractivity (Wildman–Crippen MR) is 118 cm³/mol. The Morgan fingerprint density at radius 3 is 2.53 bits per heavy atom. The summed E-state index contributed by atoms with van der Waals surface area (Å²) >= 11 is 0. The van der Waals surface area contributed by atoms with Gasteiger partial charge in [-0.05, 0) is 18.2 Å². The molecule has 152 valence electrons. The average Bonchev–Trinajstić information content (AvgIpc) is 3.23. The Kier molecular flexibility index (Phi) is 4.89. The largest absolute Gasteiger partial charge is 0.491 e. The number of benzene rings is 3. The fraction of sp³-hybridized carbons (Fsp3) is 0.240. The summed E-state index contributed by atoms with van der Waals surface area (Å²) in [4.78, 5) is 0. The van der Waals surface area contributed by atoms with Gasteiger partial charge in [0.25, 0.3) is 5.52 Å². The van der Waals surface area contributed by atoms with Gasteiger partial charge in [0.1, 0.15) is 19.0 Å². The summed E-state index contributed by atoms with van der Waals surface area (Å²) in [7, 11) is 2.10. The number of rotatable bonds is 7. The molecule has 5 nitrogen and oxygen atoms in total. The van der Waals surface area contributed by atoms with Gasteiger partial charge in [-0.1, -0.05) is 36.4 Å². The normalized spacial score (nSPS) is 11.7. The number of aryl methyl sites for hydroxylation is 2. The van der Waals surface area contributed by atoms with E-state index in [0.29, 0.717) is 19.8 Å². The van der Waals surface area contributed by atoms with Crippen LogP contribution >= 0.6 is 0 Å². The summed E-state index contributed by atoms with van der Waals surface area (Å²) in [6, 6.07) is 22.7. The van der Waals surface area contributed by atoms with Crippen LogP contribution in [0.25, 0.3) is 32.9 Å². The van der Waals surface area contributed by atoms with Crippen LogP contribution in [-0.2, 0) is 18.3 Å². The Labute approximate surface area is 175 Å². The zero-order valence-electron chi connectivity index (χ0n) is 17.3. The van der Waals surface area contributed by atoms with E-state index in [0.717, 1.165) is 29.3 Å². The van der Waals surface area contributed by atoms with Crippen molar-refractivity contribution in [2.24, 2.45) is 7.05 Å². The van der Waals surface area contributed by atoms with Crippen LogP contribution in [0.4, 0.5) is 0 Å². The van der Waals surface area contributed by atoms with E-state index in [9.17, 15) is 0 Å². The number of hydrogen-bond donors (Lipinski definition) is 0. The van der Waals surface area contributed by atoms with E-state index in [1.807, 2.05) is 37.3 Å². The lowest BCUT2D eigenvalue weighted by Gasteiger charge is -2.05. The quantitative estimate of drug-likeness (QED) is 0.291. The van der Waals surface area contributed by atoms with Gasteiger partial charge in [0.05, 0.1) is 19.0 Å². The van der Waals surface area contributed by atoms with E-state index in [-0.39, 0.29) is 0 Å². The van der Waals surface area contributed by atoms with Crippen molar-refractivity contribution < 1.29 is 18.5 Å². The van der Waals surface area contributed by atoms with Crippen molar-refractivity contribution in [2.75, 3.05) is 19.8 Å². The second kappa shape index (κ2) is 7.84. The van der Waals surface area contributed by atoms with Crippen LogP contribution in [-0.4, -0.2) is 24.4 Å². The minimum atomic E-state index is 0.538. The van der Waals surface area contributed by atoms with Crippen molar-refractivity contribution in [3.8, 4) is 5.75 Å². The maximum absolute atomic E-state index is 6.06. The Hall–Kier alpha value is -3.31. The SMILES string of the molecule is Cc1oc2cc3c(cc2[n+]1CCOCCOc1ccccc1)c1ccccc1n3C. The molecule has 0 aliphatic heterocycles. The van der Waals surface area contributed by atoms with E-state index >= 15 is 0 Å². The van der Waals surface area contributed by atoms with Gasteiger partial charge >= 0.3 is 5.89 Å². The Balaban J connectivity index is 1.32. The molecule has 0 aliphatic rings. The lowest BCUT2D eigenvalue weighted by molar-refractivity contribution is -0.684. The molecule has 5 rings (SSSR count). The van der Waals surface area contributed by atoms with Gasteiger partial charge in [-0.25, -0.2) is 0 Å². The molecule has 0 atom stereocenters. The van der Waals surface area contributed by atoms with Crippen molar-refractivity contribution in [1.29, 1.82) is 0 Å². The summed E-state index contributed by atoms with van der Waals surface area (Å²) in [5.74, 6) is 1.75. The monoisotopic (exact) mass is 401 g/mol. The average molecular weight is 401 g/mol. The van der Waals surface area contributed by atoms with Crippen LogP contribution in [0.3, 0.4) is 0 Å². The number of oxazole rings is 1. The molecule has 0 fully saturated rings. The summed E-state index contributed by atoms with van der Waals surface area (Å²) in [5, 5.41) is 2.50. The molecule has 5 heteroatoms. The highest BCUT2D eigenvalue weighted by molar-refractivity contribution is 6.11. The number of fused-ring (bicyclic) bond motifs is 4. The highest BCUT2D eigenvalue weighted by atomic mass is 16.5. The van der Waals surface area contributed by atoms with E-state index in [1.54, 1.807) is 0 Å². The van der Waals surface area contributed by atoms with Crippen molar-refractivity contribution in [1.82, 2.24) is 4.57 Å². The van der Waals surface area contributed by atoms with Crippen LogP contribution in [0.15, 0.2) is 71.1 Å². The first kappa shape index (κ1) is 18.7. The summed E-state index contributed by atoms with van der Waals surface area (Å²) in [6.45, 7) is 4.43. The second-order valence-electron chi connectivity index (χ2n) is 7.46. The summed E-state index contributed by atoms with van der Waals surface area (Å²) in [6.07, 6.45) is 0. The van der Waals surface area contributed by atoms with Crippen LogP contribution in [0.2, 0.25) is 0 Å². The highest BCUT2D eigenvalue weighted by Crippen LogP contribution is 2.31. The van der Waals surface area contributed by atoms with Crippen molar-refractivity contribution in [2.45, 2.75) is 13.5 Å². The van der Waals surface area contributed by atoms with Crippen molar-refractivity contribution in [3.05, 3.63) is 72.6 Å². The fourth-order valence-corrected chi connectivity index (χ4v) is 4.12. The molecule has 2 aromatic heterocycles. The molecule has 2 heterocycles. The molecule has 0 unspecified atom stereocenters. The highest BCUT2D eigenvalue weighted by Gasteiger charge is 2.21. The first-order valence-corrected chi connectivity index (χ1v) is 10.3. The predicted octanol–water partition coefficient (Wildman–Crippen LogP) is 4.77. The topological polar surface area (TPSA) is 40.4 Å². The number of para-hydroxylation sites is 2. The molecule has 0 spiro atoms. The van der Waals surface area contributed by atoms with Crippen LogP contribution in [0, 0.1) is 6.92 Å². The molecule has 0 amide bonds. The maximum Gasteiger partial charge on any atom is 0.344 e. The molecule has 5 aromatic rings. The molecule has 0 aliphatic carbocycles. The molecule has 0 bridgehead atoms. The maximum atomic E-state index is 6.06.